The first kappa shape index (κ1) is 10.8. The Hall–Kier alpha value is -1.67. The summed E-state index contributed by atoms with van der Waals surface area (Å²) in [6, 6.07) is 16.6. The molecule has 0 bridgehead atoms. The van der Waals surface area contributed by atoms with Crippen molar-refractivity contribution >= 4 is 0 Å². The topological polar surface area (TPSA) is 29.5 Å². The van der Waals surface area contributed by atoms with E-state index in [4.69, 9.17) is 0 Å². The highest BCUT2D eigenvalue weighted by Crippen LogP contribution is 1.95. The summed E-state index contributed by atoms with van der Waals surface area (Å²) in [4.78, 5) is 4.30. The summed E-state index contributed by atoms with van der Waals surface area (Å²) in [7, 11) is 0. The standard InChI is InChI=1S/C14H16N2/c1-2-6-13(7-3-1)12-15-11-9-14-8-4-5-10-16-14/h1-8,10,15H,9,11-12H2/p+1. The highest BCUT2D eigenvalue weighted by molar-refractivity contribution is 5.13. The van der Waals surface area contributed by atoms with Gasteiger partial charge in [0, 0.05) is 23.9 Å². The number of aromatic nitrogens is 1. The van der Waals surface area contributed by atoms with Gasteiger partial charge in [-0.3, -0.25) is 4.98 Å². The maximum absolute atomic E-state index is 4.30. The Morgan fingerprint density at radius 3 is 2.50 bits per heavy atom. The zero-order valence-corrected chi connectivity index (χ0v) is 9.34. The van der Waals surface area contributed by atoms with Crippen molar-refractivity contribution in [3.8, 4) is 0 Å². The quantitative estimate of drug-likeness (QED) is 0.747. The van der Waals surface area contributed by atoms with Crippen molar-refractivity contribution in [3.63, 3.8) is 0 Å². The van der Waals surface area contributed by atoms with E-state index in [0.717, 1.165) is 19.5 Å². The number of nitrogens with zero attached hydrogens (tertiary/aromatic N) is 1. The van der Waals surface area contributed by atoms with Crippen LogP contribution in [0.25, 0.3) is 0 Å². The van der Waals surface area contributed by atoms with Gasteiger partial charge in [-0.15, -0.1) is 0 Å². The van der Waals surface area contributed by atoms with Crippen LogP contribution in [0, 0.1) is 0 Å². The van der Waals surface area contributed by atoms with Gasteiger partial charge in [0.25, 0.3) is 0 Å². The molecule has 0 spiro atoms. The number of hydrogen-bond donors (Lipinski definition) is 1. The Kier molecular flexibility index (Phi) is 4.08. The highest BCUT2D eigenvalue weighted by Gasteiger charge is 1.96. The summed E-state index contributed by atoms with van der Waals surface area (Å²) in [5.41, 5.74) is 2.55. The number of pyridine rings is 1. The lowest BCUT2D eigenvalue weighted by molar-refractivity contribution is -0.670. The summed E-state index contributed by atoms with van der Waals surface area (Å²) in [6.07, 6.45) is 2.89. The molecule has 2 heteroatoms. The van der Waals surface area contributed by atoms with Crippen molar-refractivity contribution in [1.29, 1.82) is 0 Å². The Morgan fingerprint density at radius 1 is 0.938 bits per heavy atom. The molecule has 0 unspecified atom stereocenters. The van der Waals surface area contributed by atoms with Gasteiger partial charge in [0.05, 0.1) is 6.54 Å². The van der Waals surface area contributed by atoms with E-state index in [0.29, 0.717) is 0 Å². The van der Waals surface area contributed by atoms with Crippen molar-refractivity contribution in [3.05, 3.63) is 66.0 Å². The molecule has 2 aromatic rings. The van der Waals surface area contributed by atoms with Crippen molar-refractivity contribution in [2.75, 3.05) is 6.54 Å². The van der Waals surface area contributed by atoms with Crippen molar-refractivity contribution < 1.29 is 5.32 Å². The minimum absolute atomic E-state index is 1.04. The van der Waals surface area contributed by atoms with Crippen LogP contribution < -0.4 is 5.32 Å². The molecule has 0 aliphatic rings. The summed E-state index contributed by atoms with van der Waals surface area (Å²) >= 11 is 0. The van der Waals surface area contributed by atoms with Crippen LogP contribution in [0.1, 0.15) is 11.3 Å². The molecule has 0 radical (unpaired) electrons. The van der Waals surface area contributed by atoms with Crippen molar-refractivity contribution in [1.82, 2.24) is 4.98 Å². The third kappa shape index (κ3) is 3.48. The lowest BCUT2D eigenvalue weighted by Crippen LogP contribution is -2.83. The fourth-order valence-corrected chi connectivity index (χ4v) is 1.68. The molecule has 1 heterocycles. The van der Waals surface area contributed by atoms with Crippen molar-refractivity contribution in [2.24, 2.45) is 0 Å². The highest BCUT2D eigenvalue weighted by atomic mass is 14.8. The second-order valence-electron chi connectivity index (χ2n) is 3.84. The molecule has 82 valence electrons. The van der Waals surface area contributed by atoms with Gasteiger partial charge in [-0.2, -0.15) is 0 Å². The molecule has 0 amide bonds. The molecule has 0 aliphatic heterocycles. The maximum atomic E-state index is 4.30. The van der Waals surface area contributed by atoms with Crippen LogP contribution in [-0.2, 0) is 13.0 Å². The predicted molar refractivity (Wildman–Crippen MR) is 64.9 cm³/mol. The van der Waals surface area contributed by atoms with Gasteiger partial charge in [-0.25, -0.2) is 0 Å². The zero-order valence-electron chi connectivity index (χ0n) is 9.34. The van der Waals surface area contributed by atoms with Crippen LogP contribution >= 0.6 is 0 Å². The number of nitrogens with two attached hydrogens (primary N) is 1. The predicted octanol–water partition coefficient (Wildman–Crippen LogP) is 1.39. The average Bonchev–Trinajstić information content (AvgIpc) is 2.37. The van der Waals surface area contributed by atoms with Gasteiger partial charge in [0.2, 0.25) is 0 Å². The zero-order chi connectivity index (χ0) is 11.1. The summed E-state index contributed by atoms with van der Waals surface area (Å²) < 4.78 is 0. The number of hydrogen-bond acceptors (Lipinski definition) is 1. The second-order valence-corrected chi connectivity index (χ2v) is 3.84. The first-order chi connectivity index (χ1) is 7.95. The van der Waals surface area contributed by atoms with Gasteiger partial charge in [-0.1, -0.05) is 36.4 Å². The molecule has 2 rings (SSSR count). The lowest BCUT2D eigenvalue weighted by Gasteiger charge is -2.01. The molecular weight excluding hydrogens is 196 g/mol. The van der Waals surface area contributed by atoms with Crippen LogP contribution in [0.3, 0.4) is 0 Å². The average molecular weight is 213 g/mol. The van der Waals surface area contributed by atoms with E-state index >= 15 is 0 Å². The summed E-state index contributed by atoms with van der Waals surface area (Å²) in [6.45, 7) is 2.14. The molecule has 1 aromatic heterocycles. The largest absolute Gasteiger partial charge is 0.342 e. The van der Waals surface area contributed by atoms with E-state index in [-0.39, 0.29) is 0 Å². The molecule has 0 fully saturated rings. The number of quaternary nitrogens is 1. The van der Waals surface area contributed by atoms with E-state index in [2.05, 4.69) is 46.7 Å². The van der Waals surface area contributed by atoms with Gasteiger partial charge < -0.3 is 5.32 Å². The van der Waals surface area contributed by atoms with Gasteiger partial charge >= 0.3 is 0 Å². The molecule has 16 heavy (non-hydrogen) atoms. The maximum Gasteiger partial charge on any atom is 0.101 e. The monoisotopic (exact) mass is 213 g/mol. The van der Waals surface area contributed by atoms with Crippen molar-refractivity contribution in [2.45, 2.75) is 13.0 Å². The van der Waals surface area contributed by atoms with E-state index in [1.807, 2.05) is 18.3 Å². The van der Waals surface area contributed by atoms with Crippen LogP contribution in [-0.4, -0.2) is 11.5 Å². The molecule has 2 N–H and O–H groups in total. The van der Waals surface area contributed by atoms with Gasteiger partial charge in [0.1, 0.15) is 6.54 Å². The normalized spacial score (nSPS) is 10.2. The van der Waals surface area contributed by atoms with E-state index in [9.17, 15) is 0 Å². The summed E-state index contributed by atoms with van der Waals surface area (Å²) in [5.74, 6) is 0. The number of rotatable bonds is 5. The minimum Gasteiger partial charge on any atom is -0.342 e. The minimum atomic E-state index is 1.04. The van der Waals surface area contributed by atoms with E-state index < -0.39 is 0 Å². The fraction of sp³-hybridized carbons (Fsp3) is 0.214. The van der Waals surface area contributed by atoms with E-state index in [1.165, 1.54) is 11.3 Å². The Bertz CT molecular complexity index is 356. The second kappa shape index (κ2) is 6.03. The van der Waals surface area contributed by atoms with Crippen LogP contribution in [0.5, 0.6) is 0 Å². The smallest absolute Gasteiger partial charge is 0.101 e. The summed E-state index contributed by atoms with van der Waals surface area (Å²) in [5, 5.41) is 2.32. The van der Waals surface area contributed by atoms with Gasteiger partial charge in [0.15, 0.2) is 0 Å². The molecule has 0 aliphatic carbocycles. The third-order valence-electron chi connectivity index (χ3n) is 2.55. The molecule has 1 aromatic carbocycles. The van der Waals surface area contributed by atoms with Gasteiger partial charge in [-0.05, 0) is 12.1 Å². The first-order valence-electron chi connectivity index (χ1n) is 5.70. The third-order valence-corrected chi connectivity index (χ3v) is 2.55. The molecule has 0 saturated carbocycles. The molecular formula is C14H17N2+. The Balaban J connectivity index is 1.70. The number of benzene rings is 1. The van der Waals surface area contributed by atoms with Crippen LogP contribution in [0.15, 0.2) is 54.7 Å². The molecule has 2 nitrogen and oxygen atoms in total. The Labute approximate surface area is 96.4 Å². The fourth-order valence-electron chi connectivity index (χ4n) is 1.68. The first-order valence-corrected chi connectivity index (χ1v) is 5.70. The van der Waals surface area contributed by atoms with Crippen LogP contribution in [0.2, 0.25) is 0 Å². The van der Waals surface area contributed by atoms with E-state index in [1.54, 1.807) is 0 Å². The Morgan fingerprint density at radius 2 is 1.75 bits per heavy atom. The lowest BCUT2D eigenvalue weighted by atomic mass is 10.2. The molecule has 0 saturated heterocycles. The SMILES string of the molecule is c1ccc(C[NH2+]CCc2ccccn2)cc1. The van der Waals surface area contributed by atoms with Crippen LogP contribution in [0.4, 0.5) is 0 Å². The molecule has 0 atom stereocenters.